The van der Waals surface area contributed by atoms with Crippen LogP contribution in [0.15, 0.2) is 18.2 Å². The van der Waals surface area contributed by atoms with Crippen molar-refractivity contribution in [2.45, 2.75) is 25.8 Å². The third kappa shape index (κ3) is 4.11. The van der Waals surface area contributed by atoms with Crippen molar-refractivity contribution in [1.82, 2.24) is 0 Å². The number of benzene rings is 1. The molecule has 0 bridgehead atoms. The van der Waals surface area contributed by atoms with E-state index in [1.54, 1.807) is 7.11 Å². The van der Waals surface area contributed by atoms with E-state index >= 15 is 0 Å². The fourth-order valence-corrected chi connectivity index (χ4v) is 2.25. The lowest BCUT2D eigenvalue weighted by Crippen LogP contribution is -2.17. The van der Waals surface area contributed by atoms with Gasteiger partial charge in [-0.1, -0.05) is 6.07 Å². The zero-order valence-corrected chi connectivity index (χ0v) is 11.7. The van der Waals surface area contributed by atoms with E-state index in [1.807, 2.05) is 25.1 Å². The molecule has 2 unspecified atom stereocenters. The predicted molar refractivity (Wildman–Crippen MR) is 74.8 cm³/mol. The average Bonchev–Trinajstić information content (AvgIpc) is 2.89. The number of hydrogen-bond acceptors (Lipinski definition) is 4. The summed E-state index contributed by atoms with van der Waals surface area (Å²) in [7, 11) is 1.66. The molecule has 0 saturated carbocycles. The van der Waals surface area contributed by atoms with Crippen molar-refractivity contribution in [1.29, 1.82) is 0 Å². The van der Waals surface area contributed by atoms with Crippen LogP contribution in [0.4, 0.5) is 0 Å². The topological polar surface area (TPSA) is 53.7 Å². The molecule has 1 saturated heterocycles. The van der Waals surface area contributed by atoms with E-state index in [0.29, 0.717) is 12.5 Å². The summed E-state index contributed by atoms with van der Waals surface area (Å²) in [6.45, 7) is 4.32. The van der Waals surface area contributed by atoms with Gasteiger partial charge in [0.15, 0.2) is 11.5 Å². The summed E-state index contributed by atoms with van der Waals surface area (Å²) >= 11 is 0. The molecule has 2 N–H and O–H groups in total. The Morgan fingerprint density at radius 3 is 2.89 bits per heavy atom. The van der Waals surface area contributed by atoms with Crippen LogP contribution in [-0.2, 0) is 11.2 Å². The van der Waals surface area contributed by atoms with Gasteiger partial charge in [0, 0.05) is 18.6 Å². The van der Waals surface area contributed by atoms with Crippen LogP contribution in [0.3, 0.4) is 0 Å². The van der Waals surface area contributed by atoms with Gasteiger partial charge in [-0.2, -0.15) is 0 Å². The summed E-state index contributed by atoms with van der Waals surface area (Å²) in [5.74, 6) is 2.06. The SMILES string of the molecule is COc1cc(CC(C)N)ccc1OCC1CCOC1. The first-order valence-electron chi connectivity index (χ1n) is 6.82. The Bertz CT molecular complexity index is 400. The van der Waals surface area contributed by atoms with Crippen molar-refractivity contribution in [3.63, 3.8) is 0 Å². The predicted octanol–water partition coefficient (Wildman–Crippen LogP) is 2.00. The molecule has 19 heavy (non-hydrogen) atoms. The van der Waals surface area contributed by atoms with Gasteiger partial charge in [0.25, 0.3) is 0 Å². The van der Waals surface area contributed by atoms with Crippen LogP contribution in [0.1, 0.15) is 18.9 Å². The Morgan fingerprint density at radius 2 is 2.26 bits per heavy atom. The van der Waals surface area contributed by atoms with Crippen LogP contribution in [0.25, 0.3) is 0 Å². The first-order chi connectivity index (χ1) is 9.19. The van der Waals surface area contributed by atoms with Crippen LogP contribution < -0.4 is 15.2 Å². The highest BCUT2D eigenvalue weighted by Crippen LogP contribution is 2.29. The van der Waals surface area contributed by atoms with Crippen LogP contribution in [0, 0.1) is 5.92 Å². The van der Waals surface area contributed by atoms with E-state index in [1.165, 1.54) is 5.56 Å². The summed E-state index contributed by atoms with van der Waals surface area (Å²) in [6, 6.07) is 6.16. The van der Waals surface area contributed by atoms with Crippen molar-refractivity contribution in [2.75, 3.05) is 26.9 Å². The summed E-state index contributed by atoms with van der Waals surface area (Å²) in [6.07, 6.45) is 1.91. The van der Waals surface area contributed by atoms with Crippen molar-refractivity contribution in [3.05, 3.63) is 23.8 Å². The molecule has 1 aromatic rings. The van der Waals surface area contributed by atoms with Gasteiger partial charge in [-0.3, -0.25) is 0 Å². The molecule has 4 nitrogen and oxygen atoms in total. The summed E-state index contributed by atoms with van der Waals surface area (Å²) < 4.78 is 16.6. The fraction of sp³-hybridized carbons (Fsp3) is 0.600. The molecule has 1 aliphatic heterocycles. The molecule has 0 radical (unpaired) electrons. The van der Waals surface area contributed by atoms with E-state index in [9.17, 15) is 0 Å². The molecule has 0 aromatic heterocycles. The van der Waals surface area contributed by atoms with Gasteiger partial charge < -0.3 is 19.9 Å². The van der Waals surface area contributed by atoms with E-state index in [2.05, 4.69) is 0 Å². The molecule has 2 atom stereocenters. The number of nitrogens with two attached hydrogens (primary N) is 1. The van der Waals surface area contributed by atoms with Crippen molar-refractivity contribution in [3.8, 4) is 11.5 Å². The second-order valence-electron chi connectivity index (χ2n) is 5.21. The quantitative estimate of drug-likeness (QED) is 0.854. The monoisotopic (exact) mass is 265 g/mol. The fourth-order valence-electron chi connectivity index (χ4n) is 2.25. The molecule has 106 valence electrons. The molecule has 2 rings (SSSR count). The highest BCUT2D eigenvalue weighted by molar-refractivity contribution is 5.43. The first kappa shape index (κ1) is 14.2. The van der Waals surface area contributed by atoms with Gasteiger partial charge in [0.1, 0.15) is 0 Å². The first-order valence-corrected chi connectivity index (χ1v) is 6.82. The molecular formula is C15H23NO3. The smallest absolute Gasteiger partial charge is 0.161 e. The van der Waals surface area contributed by atoms with Crippen molar-refractivity contribution in [2.24, 2.45) is 11.7 Å². The number of methoxy groups -OCH3 is 1. The van der Waals surface area contributed by atoms with Crippen LogP contribution in [0.5, 0.6) is 11.5 Å². The van der Waals surface area contributed by atoms with Gasteiger partial charge >= 0.3 is 0 Å². The second-order valence-corrected chi connectivity index (χ2v) is 5.21. The summed E-state index contributed by atoms with van der Waals surface area (Å²) in [5.41, 5.74) is 6.98. The zero-order chi connectivity index (χ0) is 13.7. The minimum atomic E-state index is 0.145. The Balaban J connectivity index is 1.98. The lowest BCUT2D eigenvalue weighted by molar-refractivity contribution is 0.165. The minimum absolute atomic E-state index is 0.145. The molecule has 1 aromatic carbocycles. The third-order valence-electron chi connectivity index (χ3n) is 3.28. The summed E-state index contributed by atoms with van der Waals surface area (Å²) in [5, 5.41) is 0. The molecule has 0 spiro atoms. The third-order valence-corrected chi connectivity index (χ3v) is 3.28. The molecule has 1 fully saturated rings. The van der Waals surface area contributed by atoms with Crippen molar-refractivity contribution < 1.29 is 14.2 Å². The van der Waals surface area contributed by atoms with E-state index < -0.39 is 0 Å². The highest BCUT2D eigenvalue weighted by Gasteiger charge is 2.17. The Labute approximate surface area is 114 Å². The molecule has 1 heterocycles. The number of rotatable bonds is 6. The van der Waals surface area contributed by atoms with Crippen LogP contribution in [-0.4, -0.2) is 33.0 Å². The molecular weight excluding hydrogens is 242 g/mol. The van der Waals surface area contributed by atoms with E-state index in [0.717, 1.165) is 37.6 Å². The maximum absolute atomic E-state index is 5.84. The maximum Gasteiger partial charge on any atom is 0.161 e. The van der Waals surface area contributed by atoms with Gasteiger partial charge in [0.2, 0.25) is 0 Å². The minimum Gasteiger partial charge on any atom is -0.493 e. The molecule has 4 heteroatoms. The van der Waals surface area contributed by atoms with Crippen LogP contribution >= 0.6 is 0 Å². The van der Waals surface area contributed by atoms with E-state index in [4.69, 9.17) is 19.9 Å². The van der Waals surface area contributed by atoms with Gasteiger partial charge in [-0.25, -0.2) is 0 Å². The molecule has 1 aliphatic rings. The Hall–Kier alpha value is -1.26. The largest absolute Gasteiger partial charge is 0.493 e. The second kappa shape index (κ2) is 6.78. The standard InChI is InChI=1S/C15H23NO3/c1-11(16)7-12-3-4-14(15(8-12)17-2)19-10-13-5-6-18-9-13/h3-4,8,11,13H,5-7,9-10,16H2,1-2H3. The lowest BCUT2D eigenvalue weighted by atomic mass is 10.1. The normalized spacial score (nSPS) is 20.3. The summed E-state index contributed by atoms with van der Waals surface area (Å²) in [4.78, 5) is 0. The molecule has 0 aliphatic carbocycles. The Kier molecular flexibility index (Phi) is 5.05. The van der Waals surface area contributed by atoms with Crippen molar-refractivity contribution >= 4 is 0 Å². The number of hydrogen-bond donors (Lipinski definition) is 1. The average molecular weight is 265 g/mol. The van der Waals surface area contributed by atoms with E-state index in [-0.39, 0.29) is 6.04 Å². The van der Waals surface area contributed by atoms with Gasteiger partial charge in [-0.15, -0.1) is 0 Å². The highest BCUT2D eigenvalue weighted by atomic mass is 16.5. The molecule has 0 amide bonds. The number of ether oxygens (including phenoxy) is 3. The Morgan fingerprint density at radius 1 is 1.42 bits per heavy atom. The zero-order valence-electron chi connectivity index (χ0n) is 11.7. The van der Waals surface area contributed by atoms with Crippen LogP contribution in [0.2, 0.25) is 0 Å². The van der Waals surface area contributed by atoms with Gasteiger partial charge in [-0.05, 0) is 37.5 Å². The lowest BCUT2D eigenvalue weighted by Gasteiger charge is -2.15. The maximum atomic E-state index is 5.84. The van der Waals surface area contributed by atoms with Gasteiger partial charge in [0.05, 0.1) is 20.3 Å².